The van der Waals surface area contributed by atoms with Crippen molar-refractivity contribution in [2.45, 2.75) is 37.6 Å². The minimum Gasteiger partial charge on any atom is -0.371 e. The highest BCUT2D eigenvalue weighted by atomic mass is 16.6. The standard InChI is InChI=1S/C24H27N3O3/c1-26-21-11-6-5-10-20(21)22(25-26)23(28)27-13-7-12-24(17-27)14-19(16-30-24)29-15-18-8-3-2-4-9-18/h2-6,8-11,19H,7,12-17H2,1H3/t19-,24+/m1/s1. The first-order valence-electron chi connectivity index (χ1n) is 10.6. The molecular formula is C24H27N3O3. The van der Waals surface area contributed by atoms with Crippen LogP contribution in [0.1, 0.15) is 35.3 Å². The SMILES string of the molecule is Cn1nc(C(=O)N2CCC[C@]3(C[C@@H](OCc4ccccc4)CO3)C2)c2ccccc21. The van der Waals surface area contributed by atoms with E-state index < -0.39 is 0 Å². The summed E-state index contributed by atoms with van der Waals surface area (Å²) in [4.78, 5) is 15.2. The molecular weight excluding hydrogens is 378 g/mol. The van der Waals surface area contributed by atoms with Gasteiger partial charge in [0.2, 0.25) is 0 Å². The number of hydrogen-bond donors (Lipinski definition) is 0. The molecule has 2 aliphatic rings. The van der Waals surface area contributed by atoms with E-state index in [9.17, 15) is 4.79 Å². The molecule has 2 fully saturated rings. The average molecular weight is 405 g/mol. The second-order valence-electron chi connectivity index (χ2n) is 8.44. The highest BCUT2D eigenvalue weighted by Crippen LogP contribution is 2.36. The topological polar surface area (TPSA) is 56.6 Å². The minimum atomic E-state index is -0.306. The molecule has 3 aromatic rings. The van der Waals surface area contributed by atoms with E-state index in [1.807, 2.05) is 54.4 Å². The van der Waals surface area contributed by atoms with E-state index in [0.29, 0.717) is 25.5 Å². The lowest BCUT2D eigenvalue weighted by atomic mass is 9.89. The molecule has 2 saturated heterocycles. The van der Waals surface area contributed by atoms with Crippen molar-refractivity contribution in [1.29, 1.82) is 0 Å². The Labute approximate surface area is 176 Å². The van der Waals surface area contributed by atoms with Crippen molar-refractivity contribution < 1.29 is 14.3 Å². The number of benzene rings is 2. The molecule has 2 atom stereocenters. The highest BCUT2D eigenvalue weighted by Gasteiger charge is 2.45. The third kappa shape index (κ3) is 3.61. The van der Waals surface area contributed by atoms with Crippen LogP contribution in [0.5, 0.6) is 0 Å². The van der Waals surface area contributed by atoms with E-state index in [-0.39, 0.29) is 17.6 Å². The van der Waals surface area contributed by atoms with Gasteiger partial charge in [-0.15, -0.1) is 0 Å². The number of nitrogens with zero attached hydrogens (tertiary/aromatic N) is 3. The second-order valence-corrected chi connectivity index (χ2v) is 8.44. The summed E-state index contributed by atoms with van der Waals surface area (Å²) in [6, 6.07) is 18.1. The van der Waals surface area contributed by atoms with Gasteiger partial charge in [-0.3, -0.25) is 9.48 Å². The quantitative estimate of drug-likeness (QED) is 0.666. The van der Waals surface area contributed by atoms with Gasteiger partial charge in [0.05, 0.1) is 37.0 Å². The lowest BCUT2D eigenvalue weighted by molar-refractivity contribution is -0.0467. The molecule has 156 valence electrons. The Morgan fingerprint density at radius 2 is 2.00 bits per heavy atom. The van der Waals surface area contributed by atoms with E-state index in [1.54, 1.807) is 4.68 Å². The molecule has 2 aromatic carbocycles. The average Bonchev–Trinajstić information content (AvgIpc) is 3.33. The largest absolute Gasteiger partial charge is 0.371 e. The van der Waals surface area contributed by atoms with Crippen molar-refractivity contribution in [2.75, 3.05) is 19.7 Å². The zero-order chi connectivity index (χ0) is 20.6. The first-order chi connectivity index (χ1) is 14.6. The van der Waals surface area contributed by atoms with Crippen LogP contribution in [0.15, 0.2) is 54.6 Å². The molecule has 0 N–H and O–H groups in total. The molecule has 0 saturated carbocycles. The number of para-hydroxylation sites is 1. The number of fused-ring (bicyclic) bond motifs is 1. The van der Waals surface area contributed by atoms with Crippen LogP contribution >= 0.6 is 0 Å². The fourth-order valence-corrected chi connectivity index (χ4v) is 4.78. The van der Waals surface area contributed by atoms with E-state index >= 15 is 0 Å². The zero-order valence-electron chi connectivity index (χ0n) is 17.3. The molecule has 0 bridgehead atoms. The number of amides is 1. The molecule has 3 heterocycles. The second kappa shape index (κ2) is 7.85. The van der Waals surface area contributed by atoms with Gasteiger partial charge in [0, 0.05) is 25.4 Å². The van der Waals surface area contributed by atoms with E-state index in [4.69, 9.17) is 9.47 Å². The van der Waals surface area contributed by atoms with Gasteiger partial charge in [-0.05, 0) is 24.5 Å². The molecule has 0 radical (unpaired) electrons. The Hall–Kier alpha value is -2.70. The first-order valence-corrected chi connectivity index (χ1v) is 10.6. The Balaban J connectivity index is 1.27. The maximum absolute atomic E-state index is 13.3. The molecule has 30 heavy (non-hydrogen) atoms. The number of rotatable bonds is 4. The van der Waals surface area contributed by atoms with Crippen molar-refractivity contribution in [1.82, 2.24) is 14.7 Å². The summed E-state index contributed by atoms with van der Waals surface area (Å²) < 4.78 is 14.1. The van der Waals surface area contributed by atoms with E-state index in [2.05, 4.69) is 17.2 Å². The number of aryl methyl sites for hydroxylation is 1. The van der Waals surface area contributed by atoms with E-state index in [1.165, 1.54) is 5.56 Å². The summed E-state index contributed by atoms with van der Waals surface area (Å²) in [7, 11) is 1.88. The summed E-state index contributed by atoms with van der Waals surface area (Å²) >= 11 is 0. The predicted molar refractivity (Wildman–Crippen MR) is 114 cm³/mol. The summed E-state index contributed by atoms with van der Waals surface area (Å²) in [5.41, 5.74) is 2.36. The van der Waals surface area contributed by atoms with Crippen LogP contribution in [-0.4, -0.2) is 52.0 Å². The number of piperidine rings is 1. The maximum atomic E-state index is 13.3. The van der Waals surface area contributed by atoms with Crippen molar-refractivity contribution in [2.24, 2.45) is 7.05 Å². The van der Waals surface area contributed by atoms with Gasteiger partial charge < -0.3 is 14.4 Å². The third-order valence-electron chi connectivity index (χ3n) is 6.29. The normalized spacial score (nSPS) is 24.0. The van der Waals surface area contributed by atoms with Crippen LogP contribution in [0.3, 0.4) is 0 Å². The van der Waals surface area contributed by atoms with Gasteiger partial charge in [0.25, 0.3) is 5.91 Å². The van der Waals surface area contributed by atoms with Crippen LogP contribution in [-0.2, 0) is 23.1 Å². The van der Waals surface area contributed by atoms with Gasteiger partial charge in [-0.2, -0.15) is 5.10 Å². The van der Waals surface area contributed by atoms with Gasteiger partial charge in [-0.25, -0.2) is 0 Å². The monoisotopic (exact) mass is 405 g/mol. The number of carbonyl (C=O) groups is 1. The van der Waals surface area contributed by atoms with Crippen LogP contribution in [0.4, 0.5) is 0 Å². The number of carbonyl (C=O) groups excluding carboxylic acids is 1. The fraction of sp³-hybridized carbons (Fsp3) is 0.417. The lowest BCUT2D eigenvalue weighted by Gasteiger charge is -2.39. The number of aromatic nitrogens is 2. The molecule has 0 aliphatic carbocycles. The summed E-state index contributed by atoms with van der Waals surface area (Å²) in [5.74, 6) is -0.0110. The minimum absolute atomic E-state index is 0.0110. The molecule has 1 spiro atoms. The van der Waals surface area contributed by atoms with Crippen LogP contribution in [0.25, 0.3) is 10.9 Å². The molecule has 0 unspecified atom stereocenters. The summed E-state index contributed by atoms with van der Waals surface area (Å²) in [5, 5.41) is 5.42. The van der Waals surface area contributed by atoms with Crippen LogP contribution < -0.4 is 0 Å². The number of ether oxygens (including phenoxy) is 2. The van der Waals surface area contributed by atoms with E-state index in [0.717, 1.165) is 36.7 Å². The Kier molecular flexibility index (Phi) is 5.05. The Morgan fingerprint density at radius 3 is 2.87 bits per heavy atom. The number of likely N-dealkylation sites (tertiary alicyclic amines) is 1. The van der Waals surface area contributed by atoms with Crippen molar-refractivity contribution in [3.05, 3.63) is 65.9 Å². The van der Waals surface area contributed by atoms with Crippen molar-refractivity contribution in [3.8, 4) is 0 Å². The molecule has 1 amide bonds. The molecule has 2 aliphatic heterocycles. The summed E-state index contributed by atoms with van der Waals surface area (Å²) in [6.45, 7) is 2.52. The number of hydrogen-bond acceptors (Lipinski definition) is 4. The highest BCUT2D eigenvalue weighted by molar-refractivity contribution is 6.04. The molecule has 6 heteroatoms. The van der Waals surface area contributed by atoms with Crippen LogP contribution in [0, 0.1) is 0 Å². The fourth-order valence-electron chi connectivity index (χ4n) is 4.78. The lowest BCUT2D eigenvalue weighted by Crippen LogP contribution is -2.50. The van der Waals surface area contributed by atoms with Crippen molar-refractivity contribution in [3.63, 3.8) is 0 Å². The zero-order valence-corrected chi connectivity index (χ0v) is 17.3. The van der Waals surface area contributed by atoms with Gasteiger partial charge in [0.15, 0.2) is 5.69 Å². The van der Waals surface area contributed by atoms with Crippen molar-refractivity contribution >= 4 is 16.8 Å². The van der Waals surface area contributed by atoms with Crippen LogP contribution in [0.2, 0.25) is 0 Å². The van der Waals surface area contributed by atoms with Gasteiger partial charge in [0.1, 0.15) is 0 Å². The summed E-state index contributed by atoms with van der Waals surface area (Å²) in [6.07, 6.45) is 2.79. The Bertz CT molecular complexity index is 1050. The Morgan fingerprint density at radius 1 is 1.20 bits per heavy atom. The molecule has 6 nitrogen and oxygen atoms in total. The third-order valence-corrected chi connectivity index (χ3v) is 6.29. The molecule has 1 aromatic heterocycles. The van der Waals surface area contributed by atoms with Gasteiger partial charge >= 0.3 is 0 Å². The molecule has 5 rings (SSSR count). The maximum Gasteiger partial charge on any atom is 0.275 e. The smallest absolute Gasteiger partial charge is 0.275 e. The van der Waals surface area contributed by atoms with Gasteiger partial charge in [-0.1, -0.05) is 48.5 Å². The predicted octanol–water partition coefficient (Wildman–Crippen LogP) is 3.55. The first kappa shape index (κ1) is 19.3.